The number of benzene rings is 1. The smallest absolute Gasteiger partial charge is 0.193 e. The van der Waals surface area contributed by atoms with Crippen LogP contribution in [-0.4, -0.2) is 41.1 Å². The van der Waals surface area contributed by atoms with Crippen molar-refractivity contribution < 1.29 is 0 Å². The molecule has 138 valence electrons. The number of rotatable bonds is 6. The average molecular weight is 351 g/mol. The molecular weight excluding hydrogens is 322 g/mol. The van der Waals surface area contributed by atoms with Gasteiger partial charge in [0.15, 0.2) is 5.96 Å². The van der Waals surface area contributed by atoms with Gasteiger partial charge in [-0.2, -0.15) is 0 Å². The zero-order valence-corrected chi connectivity index (χ0v) is 16.2. The first-order chi connectivity index (χ1) is 12.6. The topological polar surface area (TPSA) is 48.4 Å². The van der Waals surface area contributed by atoms with Gasteiger partial charge >= 0.3 is 0 Å². The van der Waals surface area contributed by atoms with E-state index in [2.05, 4.69) is 88.5 Å². The molecule has 0 saturated heterocycles. The van der Waals surface area contributed by atoms with Crippen molar-refractivity contribution in [2.24, 2.45) is 12.0 Å². The first kappa shape index (κ1) is 18.1. The summed E-state index contributed by atoms with van der Waals surface area (Å²) in [5.41, 5.74) is 5.26. The molecule has 0 radical (unpaired) electrons. The van der Waals surface area contributed by atoms with Crippen LogP contribution in [0.2, 0.25) is 0 Å². The van der Waals surface area contributed by atoms with Gasteiger partial charge < -0.3 is 19.8 Å². The number of aromatic nitrogens is 2. The monoisotopic (exact) mass is 351 g/mol. The molecule has 0 amide bonds. The summed E-state index contributed by atoms with van der Waals surface area (Å²) in [6, 6.07) is 10.8. The average Bonchev–Trinajstić information content (AvgIpc) is 3.25. The third-order valence-corrected chi connectivity index (χ3v) is 4.97. The Balaban J connectivity index is 1.60. The number of hydrogen-bond donors (Lipinski definition) is 2. The normalized spacial score (nSPS) is 11.9. The fraction of sp³-hybridized carbons (Fsp3) is 0.381. The van der Waals surface area contributed by atoms with Crippen LogP contribution in [-0.2, 0) is 26.4 Å². The number of para-hydroxylation sites is 1. The molecule has 0 aliphatic heterocycles. The molecule has 3 aromatic rings. The van der Waals surface area contributed by atoms with Crippen molar-refractivity contribution in [3.8, 4) is 0 Å². The van der Waals surface area contributed by atoms with Crippen molar-refractivity contribution in [2.45, 2.75) is 26.3 Å². The second kappa shape index (κ2) is 8.13. The summed E-state index contributed by atoms with van der Waals surface area (Å²) in [5, 5.41) is 4.82. The zero-order chi connectivity index (χ0) is 18.5. The molecule has 2 heterocycles. The number of fused-ring (bicyclic) bond motifs is 1. The minimum absolute atomic E-state index is 0.829. The Morgan fingerprint density at radius 3 is 2.77 bits per heavy atom. The van der Waals surface area contributed by atoms with Gasteiger partial charge in [0, 0.05) is 56.7 Å². The van der Waals surface area contributed by atoms with E-state index in [4.69, 9.17) is 0 Å². The molecule has 5 heteroatoms. The number of nitrogens with zero attached hydrogens (tertiary/aromatic N) is 3. The molecule has 26 heavy (non-hydrogen) atoms. The van der Waals surface area contributed by atoms with Gasteiger partial charge in [-0.05, 0) is 36.1 Å². The van der Waals surface area contributed by atoms with E-state index in [0.29, 0.717) is 0 Å². The standard InChI is InChI=1S/C21H29N5/c1-5-16-8-6-10-19-17(14-24-20(16)19)11-12-23-21(22-2)26(4)15-18-9-7-13-25(18)3/h6-10,13-14,24H,5,11-12,15H2,1-4H3,(H,22,23). The SMILES string of the molecule is CCc1cccc2c(CCNC(=NC)N(C)Cc3cccn3C)c[nH]c12. The number of H-pyrrole nitrogens is 1. The maximum Gasteiger partial charge on any atom is 0.193 e. The Bertz CT molecular complexity index is 887. The number of aliphatic imine (C=N–C) groups is 1. The van der Waals surface area contributed by atoms with Crippen LogP contribution in [0.25, 0.3) is 10.9 Å². The molecule has 0 aliphatic carbocycles. The van der Waals surface area contributed by atoms with Crippen molar-refractivity contribution in [2.75, 3.05) is 20.6 Å². The van der Waals surface area contributed by atoms with Crippen LogP contribution in [0, 0.1) is 0 Å². The highest BCUT2D eigenvalue weighted by Gasteiger charge is 2.10. The van der Waals surface area contributed by atoms with E-state index in [0.717, 1.165) is 31.9 Å². The van der Waals surface area contributed by atoms with E-state index >= 15 is 0 Å². The van der Waals surface area contributed by atoms with Gasteiger partial charge in [0.25, 0.3) is 0 Å². The third kappa shape index (κ3) is 3.77. The minimum atomic E-state index is 0.829. The predicted octanol–water partition coefficient (Wildman–Crippen LogP) is 3.32. The Kier molecular flexibility index (Phi) is 5.66. The van der Waals surface area contributed by atoms with E-state index in [1.165, 1.54) is 27.7 Å². The highest BCUT2D eigenvalue weighted by molar-refractivity contribution is 5.86. The highest BCUT2D eigenvalue weighted by atomic mass is 15.3. The van der Waals surface area contributed by atoms with Crippen LogP contribution < -0.4 is 5.32 Å². The lowest BCUT2D eigenvalue weighted by atomic mass is 10.1. The van der Waals surface area contributed by atoms with Crippen LogP contribution in [0.4, 0.5) is 0 Å². The summed E-state index contributed by atoms with van der Waals surface area (Å²) in [7, 11) is 5.98. The van der Waals surface area contributed by atoms with Gasteiger partial charge in [-0.25, -0.2) is 0 Å². The van der Waals surface area contributed by atoms with Gasteiger partial charge in [0.05, 0.1) is 6.54 Å². The lowest BCUT2D eigenvalue weighted by Crippen LogP contribution is -2.39. The summed E-state index contributed by atoms with van der Waals surface area (Å²) in [5.74, 6) is 0.917. The summed E-state index contributed by atoms with van der Waals surface area (Å²) in [6.45, 7) is 3.88. The zero-order valence-electron chi connectivity index (χ0n) is 16.2. The second-order valence-electron chi connectivity index (χ2n) is 6.70. The van der Waals surface area contributed by atoms with Crippen LogP contribution in [0.3, 0.4) is 0 Å². The van der Waals surface area contributed by atoms with Crippen LogP contribution >= 0.6 is 0 Å². The number of hydrogen-bond acceptors (Lipinski definition) is 1. The van der Waals surface area contributed by atoms with E-state index in [1.54, 1.807) is 0 Å². The van der Waals surface area contributed by atoms with Crippen molar-refractivity contribution >= 4 is 16.9 Å². The fourth-order valence-corrected chi connectivity index (χ4v) is 3.45. The first-order valence-electron chi connectivity index (χ1n) is 9.23. The summed E-state index contributed by atoms with van der Waals surface area (Å²) in [4.78, 5) is 10.0. The molecule has 2 aromatic heterocycles. The molecule has 0 unspecified atom stereocenters. The van der Waals surface area contributed by atoms with Gasteiger partial charge in [-0.3, -0.25) is 4.99 Å². The number of aromatic amines is 1. The molecule has 0 bridgehead atoms. The molecule has 0 aliphatic rings. The van der Waals surface area contributed by atoms with Crippen molar-refractivity contribution in [1.82, 2.24) is 19.8 Å². The Hall–Kier alpha value is -2.69. The number of aryl methyl sites for hydroxylation is 2. The fourth-order valence-electron chi connectivity index (χ4n) is 3.45. The molecule has 0 saturated carbocycles. The molecule has 3 rings (SSSR count). The third-order valence-electron chi connectivity index (χ3n) is 4.97. The number of nitrogens with one attached hydrogen (secondary N) is 2. The lowest BCUT2D eigenvalue weighted by molar-refractivity contribution is 0.462. The Morgan fingerprint density at radius 2 is 2.08 bits per heavy atom. The Morgan fingerprint density at radius 1 is 1.23 bits per heavy atom. The van der Waals surface area contributed by atoms with Crippen LogP contribution in [0.1, 0.15) is 23.7 Å². The molecule has 0 fully saturated rings. The minimum Gasteiger partial charge on any atom is -0.361 e. The maximum absolute atomic E-state index is 4.42. The molecule has 0 spiro atoms. The summed E-state index contributed by atoms with van der Waals surface area (Å²) >= 11 is 0. The number of guanidine groups is 1. The lowest BCUT2D eigenvalue weighted by Gasteiger charge is -2.22. The van der Waals surface area contributed by atoms with Crippen LogP contribution in [0.15, 0.2) is 47.7 Å². The summed E-state index contributed by atoms with van der Waals surface area (Å²) in [6.07, 6.45) is 6.22. The van der Waals surface area contributed by atoms with Gasteiger partial charge in [0.2, 0.25) is 0 Å². The highest BCUT2D eigenvalue weighted by Crippen LogP contribution is 2.22. The first-order valence-corrected chi connectivity index (χ1v) is 9.23. The molecule has 0 atom stereocenters. The van der Waals surface area contributed by atoms with Gasteiger partial charge in [-0.1, -0.05) is 25.1 Å². The van der Waals surface area contributed by atoms with E-state index in [9.17, 15) is 0 Å². The van der Waals surface area contributed by atoms with E-state index < -0.39 is 0 Å². The molecular formula is C21H29N5. The molecule has 2 N–H and O–H groups in total. The van der Waals surface area contributed by atoms with Gasteiger partial charge in [-0.15, -0.1) is 0 Å². The predicted molar refractivity (Wildman–Crippen MR) is 110 cm³/mol. The van der Waals surface area contributed by atoms with Crippen LogP contribution in [0.5, 0.6) is 0 Å². The quantitative estimate of drug-likeness (QED) is 0.529. The second-order valence-corrected chi connectivity index (χ2v) is 6.70. The van der Waals surface area contributed by atoms with Gasteiger partial charge in [0.1, 0.15) is 0 Å². The maximum atomic E-state index is 4.42. The van der Waals surface area contributed by atoms with Crippen molar-refractivity contribution in [3.63, 3.8) is 0 Å². The Labute approximate surface area is 155 Å². The van der Waals surface area contributed by atoms with Crippen molar-refractivity contribution in [1.29, 1.82) is 0 Å². The largest absolute Gasteiger partial charge is 0.361 e. The molecule has 5 nitrogen and oxygen atoms in total. The van der Waals surface area contributed by atoms with E-state index in [1.807, 2.05) is 7.05 Å². The summed E-state index contributed by atoms with van der Waals surface area (Å²) < 4.78 is 2.14. The molecule has 1 aromatic carbocycles. The van der Waals surface area contributed by atoms with E-state index in [-0.39, 0.29) is 0 Å². The van der Waals surface area contributed by atoms with Crippen molar-refractivity contribution in [3.05, 3.63) is 59.5 Å².